The van der Waals surface area contributed by atoms with E-state index in [0.717, 1.165) is 12.8 Å². The van der Waals surface area contributed by atoms with Crippen molar-refractivity contribution in [2.45, 2.75) is 25.3 Å². The second kappa shape index (κ2) is 5.72. The van der Waals surface area contributed by atoms with Crippen LogP contribution in [0.4, 0.5) is 17.3 Å². The van der Waals surface area contributed by atoms with Gasteiger partial charge in [0.1, 0.15) is 11.9 Å². The Kier molecular flexibility index (Phi) is 4.02. The summed E-state index contributed by atoms with van der Waals surface area (Å²) in [5.74, 6) is -0.0201. The molecule has 0 aromatic carbocycles. The number of nitro groups is 1. The van der Waals surface area contributed by atoms with Crippen molar-refractivity contribution in [3.8, 4) is 0 Å². The van der Waals surface area contributed by atoms with Gasteiger partial charge in [-0.25, -0.2) is 9.78 Å². The van der Waals surface area contributed by atoms with Gasteiger partial charge >= 0.3 is 11.7 Å². The number of anilines is 2. The van der Waals surface area contributed by atoms with Crippen LogP contribution in [0.25, 0.3) is 0 Å². The zero-order valence-corrected chi connectivity index (χ0v) is 11.1. The molecule has 2 heterocycles. The molecule has 0 bridgehead atoms. The number of ether oxygens (including phenoxy) is 1. The minimum atomic E-state index is -0.583. The molecule has 1 saturated heterocycles. The quantitative estimate of drug-likeness (QED) is 0.501. The molecular weight excluding hydrogens is 264 g/mol. The highest BCUT2D eigenvalue weighted by molar-refractivity contribution is 5.80. The summed E-state index contributed by atoms with van der Waals surface area (Å²) in [6.45, 7) is 0.643. The van der Waals surface area contributed by atoms with E-state index in [9.17, 15) is 14.9 Å². The molecule has 0 saturated carbocycles. The summed E-state index contributed by atoms with van der Waals surface area (Å²) in [5.41, 5.74) is 5.35. The molecule has 8 heteroatoms. The number of nitrogens with zero attached hydrogens (tertiary/aromatic N) is 3. The van der Waals surface area contributed by atoms with Crippen LogP contribution in [0.1, 0.15) is 19.3 Å². The van der Waals surface area contributed by atoms with Crippen molar-refractivity contribution >= 4 is 23.3 Å². The minimum Gasteiger partial charge on any atom is -0.467 e. The van der Waals surface area contributed by atoms with Gasteiger partial charge in [-0.3, -0.25) is 10.1 Å². The van der Waals surface area contributed by atoms with E-state index in [0.29, 0.717) is 18.8 Å². The summed E-state index contributed by atoms with van der Waals surface area (Å²) < 4.78 is 4.79. The fourth-order valence-corrected chi connectivity index (χ4v) is 2.36. The van der Waals surface area contributed by atoms with Crippen molar-refractivity contribution in [2.75, 3.05) is 24.3 Å². The van der Waals surface area contributed by atoms with Gasteiger partial charge in [0.25, 0.3) is 0 Å². The standard InChI is InChI=1S/C12H16N4O4/c1-20-12(17)9-4-2-3-7-15(9)10-6-5-8(16(18)19)11(13)14-10/h5-6,9H,2-4,7H2,1H3,(H2,13,14). The van der Waals surface area contributed by atoms with E-state index in [4.69, 9.17) is 10.5 Å². The second-order valence-corrected chi connectivity index (χ2v) is 4.56. The molecule has 0 radical (unpaired) electrons. The molecule has 1 atom stereocenters. The van der Waals surface area contributed by atoms with Crippen molar-refractivity contribution in [1.29, 1.82) is 0 Å². The highest BCUT2D eigenvalue weighted by Gasteiger charge is 2.31. The molecule has 1 aliphatic rings. The first-order chi connectivity index (χ1) is 9.54. The maximum atomic E-state index is 11.8. The zero-order chi connectivity index (χ0) is 14.7. The first-order valence-corrected chi connectivity index (χ1v) is 6.30. The largest absolute Gasteiger partial charge is 0.467 e. The van der Waals surface area contributed by atoms with E-state index in [1.54, 1.807) is 4.90 Å². The third-order valence-electron chi connectivity index (χ3n) is 3.35. The topological polar surface area (TPSA) is 112 Å². The molecule has 2 N–H and O–H groups in total. The average Bonchev–Trinajstić information content (AvgIpc) is 2.46. The molecule has 1 aliphatic heterocycles. The van der Waals surface area contributed by atoms with Crippen LogP contribution < -0.4 is 10.6 Å². The molecule has 0 amide bonds. The SMILES string of the molecule is COC(=O)C1CCCCN1c1ccc([N+](=O)[O-])c(N)n1. The summed E-state index contributed by atoms with van der Waals surface area (Å²) >= 11 is 0. The molecule has 1 fully saturated rings. The summed E-state index contributed by atoms with van der Waals surface area (Å²) in [7, 11) is 1.34. The summed E-state index contributed by atoms with van der Waals surface area (Å²) in [4.78, 5) is 27.7. The van der Waals surface area contributed by atoms with Gasteiger partial charge in [0.15, 0.2) is 0 Å². The number of rotatable bonds is 3. The first-order valence-electron chi connectivity index (χ1n) is 6.30. The second-order valence-electron chi connectivity index (χ2n) is 4.56. The fourth-order valence-electron chi connectivity index (χ4n) is 2.36. The Morgan fingerprint density at radius 3 is 2.90 bits per heavy atom. The predicted octanol–water partition coefficient (Wildman–Crippen LogP) is 1.10. The Morgan fingerprint density at radius 2 is 2.30 bits per heavy atom. The smallest absolute Gasteiger partial charge is 0.328 e. The van der Waals surface area contributed by atoms with Gasteiger partial charge in [-0.05, 0) is 25.3 Å². The van der Waals surface area contributed by atoms with Crippen molar-refractivity contribution in [3.63, 3.8) is 0 Å². The number of nitrogens with two attached hydrogens (primary N) is 1. The maximum Gasteiger partial charge on any atom is 0.328 e. The molecule has 108 valence electrons. The Bertz CT molecular complexity index is 534. The van der Waals surface area contributed by atoms with Gasteiger partial charge in [0, 0.05) is 12.6 Å². The third kappa shape index (κ3) is 2.63. The number of aromatic nitrogens is 1. The van der Waals surface area contributed by atoms with Crippen molar-refractivity contribution in [1.82, 2.24) is 4.98 Å². The van der Waals surface area contributed by atoms with Crippen LogP contribution in [0.2, 0.25) is 0 Å². The van der Waals surface area contributed by atoms with Crippen LogP contribution in [0.15, 0.2) is 12.1 Å². The van der Waals surface area contributed by atoms with Crippen LogP contribution in [-0.4, -0.2) is 35.6 Å². The highest BCUT2D eigenvalue weighted by atomic mass is 16.6. The molecule has 2 rings (SSSR count). The van der Waals surface area contributed by atoms with Gasteiger partial charge in [0.05, 0.1) is 12.0 Å². The number of esters is 1. The summed E-state index contributed by atoms with van der Waals surface area (Å²) in [5, 5.41) is 10.7. The van der Waals surface area contributed by atoms with Gasteiger partial charge in [0.2, 0.25) is 5.82 Å². The van der Waals surface area contributed by atoms with Gasteiger partial charge in [-0.1, -0.05) is 0 Å². The van der Waals surface area contributed by atoms with Gasteiger partial charge in [-0.2, -0.15) is 0 Å². The predicted molar refractivity (Wildman–Crippen MR) is 72.3 cm³/mol. The van der Waals surface area contributed by atoms with E-state index in [1.165, 1.54) is 19.2 Å². The molecule has 1 aromatic rings. The van der Waals surface area contributed by atoms with Crippen molar-refractivity contribution in [2.24, 2.45) is 0 Å². The Balaban J connectivity index is 2.31. The molecule has 0 spiro atoms. The lowest BCUT2D eigenvalue weighted by Crippen LogP contribution is -2.45. The van der Waals surface area contributed by atoms with Crippen molar-refractivity contribution in [3.05, 3.63) is 22.2 Å². The van der Waals surface area contributed by atoms with E-state index in [2.05, 4.69) is 4.98 Å². The normalized spacial score (nSPS) is 18.6. The summed E-state index contributed by atoms with van der Waals surface area (Å²) in [6.07, 6.45) is 2.52. The first kappa shape index (κ1) is 14.0. The van der Waals surface area contributed by atoms with E-state index in [-0.39, 0.29) is 17.5 Å². The molecular formula is C12H16N4O4. The Labute approximate surface area is 115 Å². The summed E-state index contributed by atoms with van der Waals surface area (Å²) in [6, 6.07) is 2.40. The van der Waals surface area contributed by atoms with Crippen LogP contribution >= 0.6 is 0 Å². The molecule has 8 nitrogen and oxygen atoms in total. The molecule has 1 aromatic heterocycles. The van der Waals surface area contributed by atoms with Crippen LogP contribution in [-0.2, 0) is 9.53 Å². The van der Waals surface area contributed by atoms with Gasteiger partial charge < -0.3 is 15.4 Å². The number of piperidine rings is 1. The lowest BCUT2D eigenvalue weighted by molar-refractivity contribution is -0.384. The van der Waals surface area contributed by atoms with E-state index < -0.39 is 11.0 Å². The molecule has 20 heavy (non-hydrogen) atoms. The van der Waals surface area contributed by atoms with Crippen LogP contribution in [0, 0.1) is 10.1 Å². The Morgan fingerprint density at radius 1 is 1.55 bits per heavy atom. The number of hydrogen-bond acceptors (Lipinski definition) is 7. The van der Waals surface area contributed by atoms with Crippen LogP contribution in [0.5, 0.6) is 0 Å². The lowest BCUT2D eigenvalue weighted by Gasteiger charge is -2.34. The monoisotopic (exact) mass is 280 g/mol. The van der Waals surface area contributed by atoms with E-state index >= 15 is 0 Å². The van der Waals surface area contributed by atoms with E-state index in [1.807, 2.05) is 0 Å². The third-order valence-corrected chi connectivity index (χ3v) is 3.35. The number of hydrogen-bond donors (Lipinski definition) is 1. The van der Waals surface area contributed by atoms with Crippen LogP contribution in [0.3, 0.4) is 0 Å². The van der Waals surface area contributed by atoms with Crippen molar-refractivity contribution < 1.29 is 14.5 Å². The highest BCUT2D eigenvalue weighted by Crippen LogP contribution is 2.28. The number of nitrogen functional groups attached to an aromatic ring is 1. The Hall–Kier alpha value is -2.38. The number of methoxy groups -OCH3 is 1. The zero-order valence-electron chi connectivity index (χ0n) is 11.1. The number of carbonyl (C=O) groups is 1. The maximum absolute atomic E-state index is 11.8. The van der Waals surface area contributed by atoms with Gasteiger partial charge in [-0.15, -0.1) is 0 Å². The molecule has 1 unspecified atom stereocenters. The fraction of sp³-hybridized carbons (Fsp3) is 0.500. The minimum absolute atomic E-state index is 0.151. The lowest BCUT2D eigenvalue weighted by atomic mass is 10.0. The number of pyridine rings is 1. The average molecular weight is 280 g/mol. The molecule has 0 aliphatic carbocycles. The number of carbonyl (C=O) groups excluding carboxylic acids is 1.